The Balaban J connectivity index is 1.25. The van der Waals surface area contributed by atoms with E-state index in [1.54, 1.807) is 71.6 Å². The van der Waals surface area contributed by atoms with Crippen LogP contribution in [0.4, 0.5) is 32.0 Å². The van der Waals surface area contributed by atoms with E-state index in [0.29, 0.717) is 28.3 Å². The van der Waals surface area contributed by atoms with Crippen LogP contribution in [-0.4, -0.2) is 63.3 Å². The van der Waals surface area contributed by atoms with Crippen molar-refractivity contribution in [1.82, 2.24) is 4.90 Å². The molecule has 0 bridgehead atoms. The van der Waals surface area contributed by atoms with Crippen LogP contribution in [-0.2, 0) is 22.2 Å². The molecular formula is C39H32F6N4O5. The summed E-state index contributed by atoms with van der Waals surface area (Å²) in [5.41, 5.74) is -1.97. The van der Waals surface area contributed by atoms with Crippen LogP contribution in [0.15, 0.2) is 102 Å². The first-order valence-corrected chi connectivity index (χ1v) is 16.7. The van der Waals surface area contributed by atoms with E-state index >= 15 is 0 Å². The molecule has 3 N–H and O–H groups in total. The molecule has 2 atom stereocenters. The van der Waals surface area contributed by atoms with Crippen molar-refractivity contribution in [2.75, 3.05) is 18.4 Å². The maximum Gasteiger partial charge on any atom is 0.458 e. The first kappa shape index (κ1) is 38.0. The summed E-state index contributed by atoms with van der Waals surface area (Å²) in [6.07, 6.45) is -10.7. The summed E-state index contributed by atoms with van der Waals surface area (Å²) >= 11 is 0. The van der Waals surface area contributed by atoms with Gasteiger partial charge < -0.3 is 25.3 Å². The monoisotopic (exact) mass is 750 g/mol. The summed E-state index contributed by atoms with van der Waals surface area (Å²) in [4.78, 5) is 33.1. The molecule has 4 aromatic carbocycles. The van der Waals surface area contributed by atoms with Crippen LogP contribution in [0.5, 0.6) is 0 Å². The molecule has 15 heteroatoms. The number of nitrogens with zero attached hydrogens (tertiary/aromatic N) is 3. The Morgan fingerprint density at radius 3 is 2.17 bits per heavy atom. The van der Waals surface area contributed by atoms with Crippen LogP contribution < -0.4 is 5.32 Å². The van der Waals surface area contributed by atoms with Crippen molar-refractivity contribution in [2.24, 2.45) is 11.1 Å². The number of nitriles is 1. The van der Waals surface area contributed by atoms with Crippen molar-refractivity contribution in [1.29, 1.82) is 5.26 Å². The molecule has 0 aliphatic carbocycles. The normalized spacial score (nSPS) is 18.9. The van der Waals surface area contributed by atoms with Crippen molar-refractivity contribution >= 4 is 23.2 Å². The van der Waals surface area contributed by atoms with Crippen LogP contribution in [0.3, 0.4) is 0 Å². The summed E-state index contributed by atoms with van der Waals surface area (Å²) in [5, 5.41) is 37.1. The molecule has 9 nitrogen and oxygen atoms in total. The van der Waals surface area contributed by atoms with Gasteiger partial charge in [0.2, 0.25) is 0 Å². The van der Waals surface area contributed by atoms with Gasteiger partial charge in [0.1, 0.15) is 5.60 Å². The zero-order chi connectivity index (χ0) is 38.9. The Hall–Kier alpha value is -5.72. The number of halogens is 6. The highest BCUT2D eigenvalue weighted by molar-refractivity contribution is 6.02. The van der Waals surface area contributed by atoms with Gasteiger partial charge in [0, 0.05) is 36.7 Å². The summed E-state index contributed by atoms with van der Waals surface area (Å²) in [6, 6.07) is 25.8. The average Bonchev–Trinajstić information content (AvgIpc) is 3.58. The summed E-state index contributed by atoms with van der Waals surface area (Å²) in [7, 11) is 0. The molecule has 6 rings (SSSR count). The number of nitrogens with one attached hydrogen (secondary N) is 1. The van der Waals surface area contributed by atoms with Crippen LogP contribution >= 0.6 is 0 Å². The van der Waals surface area contributed by atoms with E-state index in [9.17, 15) is 51.4 Å². The average molecular weight is 751 g/mol. The van der Waals surface area contributed by atoms with E-state index in [0.717, 1.165) is 12.1 Å². The number of alkyl halides is 6. The van der Waals surface area contributed by atoms with E-state index in [4.69, 9.17) is 0 Å². The van der Waals surface area contributed by atoms with Gasteiger partial charge in [-0.2, -0.15) is 31.6 Å². The highest BCUT2D eigenvalue weighted by atomic mass is 19.4. The molecule has 2 aliphatic rings. The Labute approximate surface area is 305 Å². The SMILES string of the molecule is N#Cc1ccc(NC(=O)C(O)(Cc2cccc(-c3ccc(C4=NOC(O)(C(F)(F)F)C4)cc3)c2)C2CCN(C(=O)c3ccccc3)CC2)cc1C(F)(F)F. The fraction of sp³-hybridized carbons (Fsp3) is 0.282. The lowest BCUT2D eigenvalue weighted by Gasteiger charge is -2.40. The highest BCUT2D eigenvalue weighted by Crippen LogP contribution is 2.40. The molecule has 0 spiro atoms. The lowest BCUT2D eigenvalue weighted by Crippen LogP contribution is -2.54. The third-order valence-corrected chi connectivity index (χ3v) is 9.68. The Morgan fingerprint density at radius 2 is 1.56 bits per heavy atom. The zero-order valence-electron chi connectivity index (χ0n) is 28.3. The molecular weight excluding hydrogens is 718 g/mol. The molecule has 2 amide bonds. The lowest BCUT2D eigenvalue weighted by atomic mass is 9.75. The number of piperidine rings is 1. The Bertz CT molecular complexity index is 2110. The predicted octanol–water partition coefficient (Wildman–Crippen LogP) is 7.08. The van der Waals surface area contributed by atoms with Crippen molar-refractivity contribution in [3.8, 4) is 17.2 Å². The molecule has 4 aromatic rings. The number of benzene rings is 4. The number of hydrogen-bond donors (Lipinski definition) is 3. The molecule has 2 aliphatic heterocycles. The highest BCUT2D eigenvalue weighted by Gasteiger charge is 2.60. The van der Waals surface area contributed by atoms with Crippen molar-refractivity contribution in [3.05, 3.63) is 125 Å². The Kier molecular flexibility index (Phi) is 10.3. The molecule has 2 unspecified atom stereocenters. The number of carbonyl (C=O) groups is 2. The second-order valence-electron chi connectivity index (χ2n) is 13.2. The van der Waals surface area contributed by atoms with Crippen molar-refractivity contribution in [2.45, 2.75) is 49.4 Å². The van der Waals surface area contributed by atoms with E-state index < -0.39 is 53.1 Å². The topological polar surface area (TPSA) is 135 Å². The smallest absolute Gasteiger partial charge is 0.379 e. The summed E-state index contributed by atoms with van der Waals surface area (Å²) < 4.78 is 80.8. The van der Waals surface area contributed by atoms with Gasteiger partial charge in [-0.15, -0.1) is 0 Å². The second kappa shape index (κ2) is 14.6. The number of anilines is 1. The summed E-state index contributed by atoms with van der Waals surface area (Å²) in [5.74, 6) is -5.35. The number of aliphatic hydroxyl groups is 2. The summed E-state index contributed by atoms with van der Waals surface area (Å²) in [6.45, 7) is 0.401. The molecule has 2 heterocycles. The predicted molar refractivity (Wildman–Crippen MR) is 184 cm³/mol. The maximum absolute atomic E-state index is 14.0. The Morgan fingerprint density at radius 1 is 0.889 bits per heavy atom. The minimum atomic E-state index is -5.05. The number of amides is 2. The molecule has 280 valence electrons. The van der Waals surface area contributed by atoms with Gasteiger partial charge in [-0.1, -0.05) is 71.9 Å². The first-order valence-electron chi connectivity index (χ1n) is 16.7. The number of hydrogen-bond acceptors (Lipinski definition) is 7. The first-order chi connectivity index (χ1) is 25.5. The van der Waals surface area contributed by atoms with Gasteiger partial charge >= 0.3 is 18.1 Å². The van der Waals surface area contributed by atoms with Gasteiger partial charge in [-0.05, 0) is 65.4 Å². The zero-order valence-corrected chi connectivity index (χ0v) is 28.3. The minimum Gasteiger partial charge on any atom is -0.379 e. The molecule has 1 fully saturated rings. The number of likely N-dealkylation sites (tertiary alicyclic amines) is 1. The van der Waals surface area contributed by atoms with Gasteiger partial charge in [0.05, 0.1) is 29.3 Å². The third-order valence-electron chi connectivity index (χ3n) is 9.68. The molecule has 54 heavy (non-hydrogen) atoms. The standard InChI is InChI=1S/C39H32F6N4O5/c40-38(41,42)32-20-31(14-13-29(32)23-46)47-35(51)36(52,30-15-17-49(18-16-30)34(50)27-6-2-1-3-7-27)21-24-5-4-8-28(19-24)25-9-11-26(12-10-25)33-22-37(53,54-48-33)39(43,44)45/h1-14,19-20,30,52-53H,15-18,21-22H2,(H,47,51). The molecule has 0 aromatic heterocycles. The quantitative estimate of drug-likeness (QED) is 0.165. The maximum atomic E-state index is 14.0. The van der Waals surface area contributed by atoms with Crippen LogP contribution in [0, 0.1) is 17.2 Å². The fourth-order valence-electron chi connectivity index (χ4n) is 6.68. The van der Waals surface area contributed by atoms with E-state index in [-0.39, 0.29) is 55.2 Å². The molecule has 0 radical (unpaired) electrons. The van der Waals surface area contributed by atoms with Gasteiger partial charge in [0.25, 0.3) is 11.8 Å². The van der Waals surface area contributed by atoms with Crippen molar-refractivity contribution < 1.29 is 51.0 Å². The number of rotatable bonds is 8. The van der Waals surface area contributed by atoms with E-state index in [2.05, 4.69) is 15.3 Å². The van der Waals surface area contributed by atoms with E-state index in [1.807, 2.05) is 0 Å². The largest absolute Gasteiger partial charge is 0.458 e. The lowest BCUT2D eigenvalue weighted by molar-refractivity contribution is -0.355. The minimum absolute atomic E-state index is 0.104. The van der Waals surface area contributed by atoms with Crippen LogP contribution in [0.1, 0.15) is 51.9 Å². The molecule has 0 saturated carbocycles. The second-order valence-corrected chi connectivity index (χ2v) is 13.2. The third kappa shape index (κ3) is 7.80. The van der Waals surface area contributed by atoms with Gasteiger partial charge in [-0.25, -0.2) is 0 Å². The fourth-order valence-corrected chi connectivity index (χ4v) is 6.68. The van der Waals surface area contributed by atoms with Gasteiger partial charge in [0.15, 0.2) is 0 Å². The van der Waals surface area contributed by atoms with Crippen LogP contribution in [0.25, 0.3) is 11.1 Å². The van der Waals surface area contributed by atoms with Crippen molar-refractivity contribution in [3.63, 3.8) is 0 Å². The molecule has 1 saturated heterocycles. The van der Waals surface area contributed by atoms with Crippen LogP contribution in [0.2, 0.25) is 0 Å². The van der Waals surface area contributed by atoms with Gasteiger partial charge in [-0.3, -0.25) is 9.59 Å². The van der Waals surface area contributed by atoms with E-state index in [1.165, 1.54) is 18.2 Å². The number of carbonyl (C=O) groups excluding carboxylic acids is 2. The number of oxime groups is 1.